The standard InChI is InChI=1S/C23H33FN4O2S/c1-4-25-23(26-13-8-14-28(2)17-19-9-6-5-7-10-19)27-16-21-15-22(24)12-11-20(21)18-31(3,29)30/h5-7,9-12,15H,4,8,13-14,16-18H2,1-3H3,(H2,25,26,27). The van der Waals surface area contributed by atoms with Crippen LogP contribution >= 0.6 is 0 Å². The Labute approximate surface area is 185 Å². The summed E-state index contributed by atoms with van der Waals surface area (Å²) in [4.78, 5) is 6.79. The average molecular weight is 449 g/mol. The fourth-order valence-corrected chi connectivity index (χ4v) is 4.05. The molecule has 0 spiro atoms. The van der Waals surface area contributed by atoms with E-state index < -0.39 is 15.7 Å². The lowest BCUT2D eigenvalue weighted by molar-refractivity contribution is 0.322. The molecule has 0 aromatic heterocycles. The quantitative estimate of drug-likeness (QED) is 0.314. The minimum absolute atomic E-state index is 0.129. The molecule has 0 aliphatic rings. The molecule has 0 aliphatic heterocycles. The van der Waals surface area contributed by atoms with Crippen LogP contribution in [0.25, 0.3) is 0 Å². The van der Waals surface area contributed by atoms with Crippen molar-refractivity contribution in [2.24, 2.45) is 4.99 Å². The van der Waals surface area contributed by atoms with Crippen LogP contribution in [0.15, 0.2) is 53.5 Å². The summed E-state index contributed by atoms with van der Waals surface area (Å²) in [5.41, 5.74) is 2.43. The van der Waals surface area contributed by atoms with E-state index in [0.717, 1.165) is 26.1 Å². The highest BCUT2D eigenvalue weighted by molar-refractivity contribution is 7.89. The van der Waals surface area contributed by atoms with E-state index in [1.54, 1.807) is 0 Å². The van der Waals surface area contributed by atoms with E-state index in [2.05, 4.69) is 39.7 Å². The molecule has 31 heavy (non-hydrogen) atoms. The van der Waals surface area contributed by atoms with Crippen LogP contribution in [0, 0.1) is 5.82 Å². The normalized spacial score (nSPS) is 12.2. The third-order valence-corrected chi connectivity index (χ3v) is 5.48. The molecule has 2 aromatic rings. The average Bonchev–Trinajstić information content (AvgIpc) is 2.71. The minimum atomic E-state index is -3.22. The molecule has 2 N–H and O–H groups in total. The second-order valence-electron chi connectivity index (χ2n) is 7.68. The Bertz CT molecular complexity index is 949. The van der Waals surface area contributed by atoms with Gasteiger partial charge in [0, 0.05) is 25.9 Å². The van der Waals surface area contributed by atoms with Gasteiger partial charge in [-0.15, -0.1) is 0 Å². The summed E-state index contributed by atoms with van der Waals surface area (Å²) in [5.74, 6) is 0.0974. The fraction of sp³-hybridized carbons (Fsp3) is 0.435. The van der Waals surface area contributed by atoms with Gasteiger partial charge in [0.25, 0.3) is 0 Å². The highest BCUT2D eigenvalue weighted by Gasteiger charge is 2.11. The van der Waals surface area contributed by atoms with Crippen LogP contribution in [-0.4, -0.2) is 52.2 Å². The maximum Gasteiger partial charge on any atom is 0.191 e. The first kappa shape index (κ1) is 24.8. The summed E-state index contributed by atoms with van der Waals surface area (Å²) in [5, 5.41) is 6.47. The molecule has 0 saturated carbocycles. The van der Waals surface area contributed by atoms with E-state index >= 15 is 0 Å². The number of nitrogens with zero attached hydrogens (tertiary/aromatic N) is 2. The highest BCUT2D eigenvalue weighted by Crippen LogP contribution is 2.15. The SMILES string of the molecule is CCNC(=NCc1cc(F)ccc1CS(C)(=O)=O)NCCCN(C)Cc1ccccc1. The van der Waals surface area contributed by atoms with Crippen molar-refractivity contribution in [2.75, 3.05) is 32.9 Å². The van der Waals surface area contributed by atoms with Crippen LogP contribution in [0.1, 0.15) is 30.0 Å². The molecular weight excluding hydrogens is 415 g/mol. The number of nitrogens with one attached hydrogen (secondary N) is 2. The molecule has 6 nitrogen and oxygen atoms in total. The summed E-state index contributed by atoms with van der Waals surface area (Å²) >= 11 is 0. The molecule has 0 saturated heterocycles. The molecule has 0 amide bonds. The molecule has 0 radical (unpaired) electrons. The Hall–Kier alpha value is -2.45. The lowest BCUT2D eigenvalue weighted by Crippen LogP contribution is -2.38. The van der Waals surface area contributed by atoms with Crippen LogP contribution in [0.2, 0.25) is 0 Å². The first-order chi connectivity index (χ1) is 14.8. The molecule has 0 fully saturated rings. The first-order valence-electron chi connectivity index (χ1n) is 10.5. The van der Waals surface area contributed by atoms with E-state index in [9.17, 15) is 12.8 Å². The molecule has 0 bridgehead atoms. The maximum atomic E-state index is 13.7. The van der Waals surface area contributed by atoms with Gasteiger partial charge in [-0.2, -0.15) is 0 Å². The van der Waals surface area contributed by atoms with Gasteiger partial charge in [-0.05, 0) is 55.8 Å². The molecule has 0 heterocycles. The second kappa shape index (κ2) is 12.4. The lowest BCUT2D eigenvalue weighted by atomic mass is 10.1. The van der Waals surface area contributed by atoms with Gasteiger partial charge in [0.1, 0.15) is 5.82 Å². The molecule has 8 heteroatoms. The Morgan fingerprint density at radius 1 is 1.10 bits per heavy atom. The largest absolute Gasteiger partial charge is 0.357 e. The zero-order chi connectivity index (χ0) is 22.7. The molecule has 2 aromatic carbocycles. The van der Waals surface area contributed by atoms with E-state index in [1.165, 1.54) is 30.0 Å². The topological polar surface area (TPSA) is 73.8 Å². The Kier molecular flexibility index (Phi) is 9.94. The number of guanidine groups is 1. The Balaban J connectivity index is 1.90. The lowest BCUT2D eigenvalue weighted by Gasteiger charge is -2.17. The van der Waals surface area contributed by atoms with Crippen molar-refractivity contribution >= 4 is 15.8 Å². The van der Waals surface area contributed by atoms with Crippen molar-refractivity contribution in [2.45, 2.75) is 32.2 Å². The predicted molar refractivity (Wildman–Crippen MR) is 125 cm³/mol. The van der Waals surface area contributed by atoms with Gasteiger partial charge in [0.05, 0.1) is 12.3 Å². The van der Waals surface area contributed by atoms with Gasteiger partial charge >= 0.3 is 0 Å². The van der Waals surface area contributed by atoms with Crippen molar-refractivity contribution in [1.29, 1.82) is 0 Å². The zero-order valence-corrected chi connectivity index (χ0v) is 19.4. The molecule has 0 unspecified atom stereocenters. The monoisotopic (exact) mass is 448 g/mol. The summed E-state index contributed by atoms with van der Waals surface area (Å²) in [6.45, 7) is 5.44. The number of benzene rings is 2. The number of halogens is 1. The smallest absolute Gasteiger partial charge is 0.191 e. The summed E-state index contributed by atoms with van der Waals surface area (Å²) in [7, 11) is -1.12. The number of hydrogen-bond acceptors (Lipinski definition) is 4. The van der Waals surface area contributed by atoms with Gasteiger partial charge < -0.3 is 15.5 Å². The highest BCUT2D eigenvalue weighted by atomic mass is 32.2. The summed E-state index contributed by atoms with van der Waals surface area (Å²) in [6, 6.07) is 14.5. The predicted octanol–water partition coefficient (Wildman–Crippen LogP) is 2.95. The molecular formula is C23H33FN4O2S. The summed E-state index contributed by atoms with van der Waals surface area (Å²) in [6.07, 6.45) is 2.11. The van der Waals surface area contributed by atoms with Gasteiger partial charge in [0.15, 0.2) is 15.8 Å². The van der Waals surface area contributed by atoms with E-state index in [4.69, 9.17) is 0 Å². The van der Waals surface area contributed by atoms with E-state index in [0.29, 0.717) is 23.6 Å². The zero-order valence-electron chi connectivity index (χ0n) is 18.6. The molecule has 0 aliphatic carbocycles. The number of aliphatic imine (C=N–C) groups is 1. The molecule has 2 rings (SSSR count). The minimum Gasteiger partial charge on any atom is -0.357 e. The van der Waals surface area contributed by atoms with Crippen molar-refractivity contribution < 1.29 is 12.8 Å². The van der Waals surface area contributed by atoms with Crippen molar-refractivity contribution in [3.05, 3.63) is 71.0 Å². The van der Waals surface area contributed by atoms with Gasteiger partial charge in [-0.25, -0.2) is 17.8 Å². The third kappa shape index (κ3) is 9.93. The fourth-order valence-electron chi connectivity index (χ4n) is 3.20. The third-order valence-electron chi connectivity index (χ3n) is 4.64. The molecule has 170 valence electrons. The van der Waals surface area contributed by atoms with Crippen LogP contribution in [-0.2, 0) is 28.7 Å². The second-order valence-corrected chi connectivity index (χ2v) is 9.82. The number of hydrogen-bond donors (Lipinski definition) is 2. The van der Waals surface area contributed by atoms with Crippen LogP contribution < -0.4 is 10.6 Å². The van der Waals surface area contributed by atoms with Crippen LogP contribution in [0.3, 0.4) is 0 Å². The Morgan fingerprint density at radius 2 is 1.84 bits per heavy atom. The van der Waals surface area contributed by atoms with Crippen LogP contribution in [0.5, 0.6) is 0 Å². The van der Waals surface area contributed by atoms with Crippen molar-refractivity contribution in [1.82, 2.24) is 15.5 Å². The number of sulfone groups is 1. The van der Waals surface area contributed by atoms with Gasteiger partial charge in [-0.3, -0.25) is 0 Å². The maximum absolute atomic E-state index is 13.7. The van der Waals surface area contributed by atoms with Gasteiger partial charge in [0.2, 0.25) is 0 Å². The van der Waals surface area contributed by atoms with E-state index in [-0.39, 0.29) is 12.3 Å². The van der Waals surface area contributed by atoms with Crippen molar-refractivity contribution in [3.63, 3.8) is 0 Å². The summed E-state index contributed by atoms with van der Waals surface area (Å²) < 4.78 is 37.0. The number of rotatable bonds is 11. The van der Waals surface area contributed by atoms with Crippen molar-refractivity contribution in [3.8, 4) is 0 Å². The Morgan fingerprint density at radius 3 is 2.52 bits per heavy atom. The van der Waals surface area contributed by atoms with E-state index in [1.807, 2.05) is 25.1 Å². The first-order valence-corrected chi connectivity index (χ1v) is 12.5. The van der Waals surface area contributed by atoms with Crippen LogP contribution in [0.4, 0.5) is 4.39 Å². The molecule has 0 atom stereocenters. The van der Waals surface area contributed by atoms with Gasteiger partial charge in [-0.1, -0.05) is 36.4 Å².